The first-order valence-corrected chi connectivity index (χ1v) is 7.44. The predicted molar refractivity (Wildman–Crippen MR) is 88.4 cm³/mol. The maximum absolute atomic E-state index is 10.2. The number of aromatic hydroxyl groups is 1. The van der Waals surface area contributed by atoms with Crippen molar-refractivity contribution >= 4 is 41.6 Å². The number of aromatic nitrogens is 1. The van der Waals surface area contributed by atoms with Crippen molar-refractivity contribution in [3.05, 3.63) is 27.1 Å². The Morgan fingerprint density at radius 2 is 2.20 bits per heavy atom. The van der Waals surface area contributed by atoms with Crippen LogP contribution in [-0.2, 0) is 6.54 Å². The Bertz CT molecular complexity index is 684. The third-order valence-corrected chi connectivity index (χ3v) is 4.22. The topological polar surface area (TPSA) is 49.9 Å². The monoisotopic (exact) mass is 307 g/mol. The summed E-state index contributed by atoms with van der Waals surface area (Å²) in [5.74, 6) is 0.168. The molecule has 0 bridgehead atoms. The summed E-state index contributed by atoms with van der Waals surface area (Å²) in [4.78, 5) is 0.720. The fourth-order valence-corrected chi connectivity index (χ4v) is 3.17. The molecule has 20 heavy (non-hydrogen) atoms. The molecule has 1 aromatic rings. The third-order valence-electron chi connectivity index (χ3n) is 2.83. The van der Waals surface area contributed by atoms with Gasteiger partial charge in [-0.25, -0.2) is 0 Å². The summed E-state index contributed by atoms with van der Waals surface area (Å²) in [5.41, 5.74) is 1.73. The van der Waals surface area contributed by atoms with Crippen LogP contribution in [0.1, 0.15) is 25.6 Å². The van der Waals surface area contributed by atoms with Crippen LogP contribution < -0.4 is 0 Å². The van der Waals surface area contributed by atoms with Gasteiger partial charge in [-0.05, 0) is 18.3 Å². The highest BCUT2D eigenvalue weighted by atomic mass is 32.1. The molecule has 0 atom stereocenters. The molecule has 0 spiro atoms. The lowest BCUT2D eigenvalue weighted by Crippen LogP contribution is -2.20. The molecular weight excluding hydrogens is 290 g/mol. The Labute approximate surface area is 127 Å². The van der Waals surface area contributed by atoms with E-state index in [9.17, 15) is 5.11 Å². The molecule has 6 heteroatoms. The summed E-state index contributed by atoms with van der Waals surface area (Å²) in [7, 11) is 0. The van der Waals surface area contributed by atoms with Gasteiger partial charge in [0.2, 0.25) is 5.88 Å². The van der Waals surface area contributed by atoms with Gasteiger partial charge >= 0.3 is 0 Å². The highest BCUT2D eigenvalue weighted by Crippen LogP contribution is 2.31. The first kappa shape index (κ1) is 14.9. The largest absolute Gasteiger partial charge is 0.493 e. The highest BCUT2D eigenvalue weighted by molar-refractivity contribution is 7.73. The van der Waals surface area contributed by atoms with Crippen LogP contribution in [0.3, 0.4) is 0 Å². The van der Waals surface area contributed by atoms with Gasteiger partial charge < -0.3 is 5.11 Å². The third kappa shape index (κ3) is 2.81. The van der Waals surface area contributed by atoms with Crippen molar-refractivity contribution in [3.8, 4) is 5.88 Å². The van der Waals surface area contributed by atoms with Crippen LogP contribution in [0.15, 0.2) is 28.4 Å². The number of rotatable bonds is 3. The predicted octanol–water partition coefficient (Wildman–Crippen LogP) is 4.04. The number of allylic oxidation sites excluding steroid dienone is 2. The van der Waals surface area contributed by atoms with E-state index in [1.54, 1.807) is 16.9 Å². The lowest BCUT2D eigenvalue weighted by Gasteiger charge is -2.18. The first-order valence-electron chi connectivity index (χ1n) is 6.21. The Morgan fingerprint density at radius 1 is 1.50 bits per heavy atom. The lowest BCUT2D eigenvalue weighted by atomic mass is 9.86. The van der Waals surface area contributed by atoms with Crippen LogP contribution in [0, 0.1) is 9.37 Å². The van der Waals surface area contributed by atoms with Gasteiger partial charge in [-0.1, -0.05) is 26.8 Å². The summed E-state index contributed by atoms with van der Waals surface area (Å²) in [6.45, 7) is 10.4. The molecule has 2 rings (SSSR count). The summed E-state index contributed by atoms with van der Waals surface area (Å²) in [5, 5.41) is 18.4. The van der Waals surface area contributed by atoms with E-state index in [1.165, 1.54) is 11.3 Å². The van der Waals surface area contributed by atoms with Crippen LogP contribution in [0.5, 0.6) is 5.88 Å². The summed E-state index contributed by atoms with van der Waals surface area (Å²) in [6.07, 6.45) is 5.30. The SMILES string of the molecule is C=CCn1c(O)c(/C=C2\C=NN=C2C(C)(C)C)sc1=S. The van der Waals surface area contributed by atoms with Gasteiger partial charge in [0, 0.05) is 17.5 Å². The Balaban J connectivity index is 2.44. The van der Waals surface area contributed by atoms with Crippen molar-refractivity contribution < 1.29 is 5.11 Å². The lowest BCUT2D eigenvalue weighted by molar-refractivity contribution is 0.424. The molecule has 1 aliphatic rings. The maximum atomic E-state index is 10.2. The average Bonchev–Trinajstić information content (AvgIpc) is 2.90. The molecule has 1 aliphatic heterocycles. The minimum atomic E-state index is -0.0942. The molecule has 4 nitrogen and oxygen atoms in total. The van der Waals surface area contributed by atoms with Gasteiger partial charge in [0.05, 0.1) is 16.8 Å². The van der Waals surface area contributed by atoms with Crippen LogP contribution in [0.4, 0.5) is 0 Å². The van der Waals surface area contributed by atoms with Crippen molar-refractivity contribution in [2.24, 2.45) is 15.6 Å². The van der Waals surface area contributed by atoms with Gasteiger partial charge in [0.25, 0.3) is 0 Å². The summed E-state index contributed by atoms with van der Waals surface area (Å²) < 4.78 is 2.28. The number of hydrogen-bond donors (Lipinski definition) is 1. The van der Waals surface area contributed by atoms with Crippen molar-refractivity contribution in [1.82, 2.24) is 4.57 Å². The molecule has 0 aliphatic carbocycles. The molecule has 0 fully saturated rings. The highest BCUT2D eigenvalue weighted by Gasteiger charge is 2.25. The van der Waals surface area contributed by atoms with Crippen molar-refractivity contribution in [2.75, 3.05) is 0 Å². The summed E-state index contributed by atoms with van der Waals surface area (Å²) in [6, 6.07) is 0. The normalized spacial score (nSPS) is 16.8. The molecule has 0 radical (unpaired) electrons. The minimum absolute atomic E-state index is 0.0942. The van der Waals surface area contributed by atoms with Gasteiger partial charge in [-0.15, -0.1) is 17.9 Å². The fraction of sp³-hybridized carbons (Fsp3) is 0.357. The quantitative estimate of drug-likeness (QED) is 0.677. The molecule has 1 N–H and O–H groups in total. The number of thiazole rings is 1. The fourth-order valence-electron chi connectivity index (χ4n) is 1.90. The molecule has 0 amide bonds. The van der Waals surface area contributed by atoms with E-state index < -0.39 is 0 Å². The van der Waals surface area contributed by atoms with Crippen LogP contribution in [0.25, 0.3) is 6.08 Å². The average molecular weight is 307 g/mol. The van der Waals surface area contributed by atoms with E-state index in [4.69, 9.17) is 12.2 Å². The standard InChI is InChI=1S/C14H17N3OS2/c1-5-6-17-12(18)10(20-13(17)19)7-9-8-15-16-11(9)14(2,3)4/h5,7-8,18H,1,6H2,2-4H3/b9-7+. The molecule has 0 saturated heterocycles. The van der Waals surface area contributed by atoms with E-state index in [2.05, 4.69) is 37.6 Å². The van der Waals surface area contributed by atoms with Crippen LogP contribution >= 0.6 is 23.6 Å². The molecule has 0 aromatic carbocycles. The second-order valence-electron chi connectivity index (χ2n) is 5.50. The zero-order valence-corrected chi connectivity index (χ0v) is 13.4. The second-order valence-corrected chi connectivity index (χ2v) is 7.17. The molecule has 0 saturated carbocycles. The van der Waals surface area contributed by atoms with E-state index in [-0.39, 0.29) is 11.3 Å². The molecule has 2 heterocycles. The van der Waals surface area contributed by atoms with E-state index in [0.29, 0.717) is 10.5 Å². The smallest absolute Gasteiger partial charge is 0.210 e. The van der Waals surface area contributed by atoms with Gasteiger partial charge in [-0.3, -0.25) is 4.57 Å². The Kier molecular flexibility index (Phi) is 4.06. The second kappa shape index (κ2) is 5.46. The van der Waals surface area contributed by atoms with Gasteiger partial charge in [0.15, 0.2) is 3.95 Å². The first-order chi connectivity index (χ1) is 9.34. The zero-order valence-electron chi connectivity index (χ0n) is 11.8. The van der Waals surface area contributed by atoms with Crippen LogP contribution in [0.2, 0.25) is 0 Å². The number of nitrogens with zero attached hydrogens (tertiary/aromatic N) is 3. The van der Waals surface area contributed by atoms with E-state index >= 15 is 0 Å². The maximum Gasteiger partial charge on any atom is 0.210 e. The molecule has 1 aromatic heterocycles. The zero-order chi connectivity index (χ0) is 14.9. The Hall–Kier alpha value is -1.53. The molecule has 0 unspecified atom stereocenters. The van der Waals surface area contributed by atoms with Crippen molar-refractivity contribution in [2.45, 2.75) is 27.3 Å². The van der Waals surface area contributed by atoms with Crippen LogP contribution in [-0.4, -0.2) is 21.6 Å². The van der Waals surface area contributed by atoms with E-state index in [0.717, 1.165) is 16.2 Å². The van der Waals surface area contributed by atoms with E-state index in [1.807, 2.05) is 6.08 Å². The van der Waals surface area contributed by atoms with Crippen molar-refractivity contribution in [1.29, 1.82) is 0 Å². The van der Waals surface area contributed by atoms with Crippen molar-refractivity contribution in [3.63, 3.8) is 0 Å². The van der Waals surface area contributed by atoms with Gasteiger partial charge in [-0.2, -0.15) is 10.2 Å². The molecule has 106 valence electrons. The number of hydrogen-bond acceptors (Lipinski definition) is 5. The Morgan fingerprint density at radius 3 is 2.80 bits per heavy atom. The summed E-state index contributed by atoms with van der Waals surface area (Å²) >= 11 is 6.62. The van der Waals surface area contributed by atoms with Gasteiger partial charge in [0.1, 0.15) is 0 Å². The minimum Gasteiger partial charge on any atom is -0.493 e. The molecular formula is C14H17N3OS2.